The third-order valence-corrected chi connectivity index (χ3v) is 5.08. The number of anilines is 1. The number of pyridine rings is 1. The lowest BCUT2D eigenvalue weighted by atomic mass is 10.1. The second-order valence-electron chi connectivity index (χ2n) is 6.91. The Morgan fingerprint density at radius 1 is 1.18 bits per heavy atom. The molecule has 1 saturated heterocycles. The molecule has 1 N–H and O–H groups in total. The molecule has 6 heteroatoms. The van der Waals surface area contributed by atoms with Gasteiger partial charge in [-0.15, -0.1) is 0 Å². The van der Waals surface area contributed by atoms with Gasteiger partial charge in [-0.05, 0) is 48.7 Å². The zero-order chi connectivity index (χ0) is 19.5. The Bertz CT molecular complexity index is 999. The minimum atomic E-state index is -0.354. The Morgan fingerprint density at radius 2 is 1.93 bits per heavy atom. The quantitative estimate of drug-likeness (QED) is 0.721. The van der Waals surface area contributed by atoms with Crippen molar-refractivity contribution in [3.63, 3.8) is 0 Å². The highest BCUT2D eigenvalue weighted by Gasteiger charge is 2.23. The molecule has 3 aromatic rings. The van der Waals surface area contributed by atoms with Crippen LogP contribution < -0.4 is 10.1 Å². The van der Waals surface area contributed by atoms with E-state index in [-0.39, 0.29) is 11.7 Å². The number of methoxy groups -OCH3 is 1. The van der Waals surface area contributed by atoms with Gasteiger partial charge >= 0.3 is 0 Å². The normalized spacial score (nSPS) is 13.7. The van der Waals surface area contributed by atoms with Gasteiger partial charge in [0.2, 0.25) is 0 Å². The van der Waals surface area contributed by atoms with Crippen LogP contribution in [0.25, 0.3) is 10.9 Å². The Hall–Kier alpha value is -3.15. The molecule has 28 heavy (non-hydrogen) atoms. The van der Waals surface area contributed by atoms with Crippen molar-refractivity contribution in [2.45, 2.75) is 19.4 Å². The summed E-state index contributed by atoms with van der Waals surface area (Å²) in [6, 6.07) is 12.1. The molecule has 0 bridgehead atoms. The molecule has 0 atom stereocenters. The lowest BCUT2D eigenvalue weighted by molar-refractivity contribution is 0.0793. The number of likely N-dealkylation sites (tertiary alicyclic amines) is 1. The monoisotopic (exact) mass is 379 g/mol. The minimum Gasteiger partial charge on any atom is -0.497 e. The van der Waals surface area contributed by atoms with E-state index in [1.807, 2.05) is 29.2 Å². The van der Waals surface area contributed by atoms with E-state index < -0.39 is 0 Å². The Kier molecular flexibility index (Phi) is 5.10. The standard InChI is InChI=1S/C22H22FN3O2/c1-28-17-7-4-15(5-8-17)13-25-21-18-12-16(23)6-9-20(18)24-14-19(21)22(27)26-10-2-3-11-26/h4-9,12,14H,2-3,10-11,13H2,1H3,(H,24,25). The van der Waals surface area contributed by atoms with Gasteiger partial charge in [-0.1, -0.05) is 12.1 Å². The highest BCUT2D eigenvalue weighted by molar-refractivity contribution is 6.07. The fourth-order valence-corrected chi connectivity index (χ4v) is 3.54. The SMILES string of the molecule is COc1ccc(CNc2c(C(=O)N3CCCC3)cnc3ccc(F)cc23)cc1. The first-order valence-electron chi connectivity index (χ1n) is 9.40. The van der Waals surface area contributed by atoms with Crippen molar-refractivity contribution in [1.29, 1.82) is 0 Å². The predicted octanol–water partition coefficient (Wildman–Crippen LogP) is 4.23. The average molecular weight is 379 g/mol. The lowest BCUT2D eigenvalue weighted by Crippen LogP contribution is -2.28. The molecule has 0 aliphatic carbocycles. The smallest absolute Gasteiger partial charge is 0.257 e. The molecule has 2 aromatic carbocycles. The maximum Gasteiger partial charge on any atom is 0.257 e. The van der Waals surface area contributed by atoms with E-state index in [0.717, 1.165) is 37.2 Å². The number of hydrogen-bond acceptors (Lipinski definition) is 4. The summed E-state index contributed by atoms with van der Waals surface area (Å²) in [5.41, 5.74) is 2.78. The molecule has 0 unspecified atom stereocenters. The van der Waals surface area contributed by atoms with E-state index in [9.17, 15) is 9.18 Å². The number of benzene rings is 2. The average Bonchev–Trinajstić information content (AvgIpc) is 3.26. The van der Waals surface area contributed by atoms with Crippen LogP contribution in [0.5, 0.6) is 5.75 Å². The van der Waals surface area contributed by atoms with E-state index in [1.54, 1.807) is 19.4 Å². The summed E-state index contributed by atoms with van der Waals surface area (Å²) < 4.78 is 19.1. The van der Waals surface area contributed by atoms with Gasteiger partial charge in [-0.3, -0.25) is 9.78 Å². The summed E-state index contributed by atoms with van der Waals surface area (Å²) in [5, 5.41) is 3.96. The summed E-state index contributed by atoms with van der Waals surface area (Å²) in [6.07, 6.45) is 3.61. The highest BCUT2D eigenvalue weighted by atomic mass is 19.1. The first-order valence-corrected chi connectivity index (χ1v) is 9.40. The summed E-state index contributed by atoms with van der Waals surface area (Å²) in [6.45, 7) is 2.00. The van der Waals surface area contributed by atoms with Gasteiger partial charge in [0, 0.05) is 31.2 Å². The molecule has 1 fully saturated rings. The van der Waals surface area contributed by atoms with E-state index in [4.69, 9.17) is 4.74 Å². The number of aromatic nitrogens is 1. The molecule has 1 aromatic heterocycles. The molecule has 5 nitrogen and oxygen atoms in total. The molecule has 4 rings (SSSR count). The number of rotatable bonds is 5. The van der Waals surface area contributed by atoms with Gasteiger partial charge in [0.1, 0.15) is 11.6 Å². The van der Waals surface area contributed by atoms with Crippen LogP contribution >= 0.6 is 0 Å². The van der Waals surface area contributed by atoms with Crippen LogP contribution in [0.4, 0.5) is 10.1 Å². The van der Waals surface area contributed by atoms with Crippen LogP contribution in [0.1, 0.15) is 28.8 Å². The van der Waals surface area contributed by atoms with Crippen molar-refractivity contribution in [3.05, 3.63) is 65.6 Å². The fourth-order valence-electron chi connectivity index (χ4n) is 3.54. The number of carbonyl (C=O) groups is 1. The zero-order valence-electron chi connectivity index (χ0n) is 15.7. The maximum absolute atomic E-state index is 13.9. The molecule has 1 amide bonds. The molecule has 0 saturated carbocycles. The molecule has 1 aliphatic heterocycles. The predicted molar refractivity (Wildman–Crippen MR) is 107 cm³/mol. The molecule has 1 aliphatic rings. The minimum absolute atomic E-state index is 0.0617. The summed E-state index contributed by atoms with van der Waals surface area (Å²) in [4.78, 5) is 19.2. The van der Waals surface area contributed by atoms with Crippen molar-refractivity contribution in [2.24, 2.45) is 0 Å². The zero-order valence-corrected chi connectivity index (χ0v) is 15.7. The Labute approximate surface area is 163 Å². The number of nitrogens with one attached hydrogen (secondary N) is 1. The van der Waals surface area contributed by atoms with Crippen LogP contribution in [0.2, 0.25) is 0 Å². The van der Waals surface area contributed by atoms with E-state index in [1.165, 1.54) is 12.1 Å². The number of amides is 1. The van der Waals surface area contributed by atoms with Gasteiger partial charge in [0.25, 0.3) is 5.91 Å². The first-order chi connectivity index (χ1) is 13.7. The Morgan fingerprint density at radius 3 is 2.64 bits per heavy atom. The van der Waals surface area contributed by atoms with Crippen molar-refractivity contribution in [2.75, 3.05) is 25.5 Å². The molecule has 0 radical (unpaired) electrons. The lowest BCUT2D eigenvalue weighted by Gasteiger charge is -2.19. The van der Waals surface area contributed by atoms with Gasteiger partial charge in [0.15, 0.2) is 0 Å². The summed E-state index contributed by atoms with van der Waals surface area (Å²) in [7, 11) is 1.63. The summed E-state index contributed by atoms with van der Waals surface area (Å²) in [5.74, 6) is 0.367. The molecular weight excluding hydrogens is 357 g/mol. The third kappa shape index (κ3) is 3.63. The van der Waals surface area contributed by atoms with Crippen molar-refractivity contribution in [3.8, 4) is 5.75 Å². The fraction of sp³-hybridized carbons (Fsp3) is 0.273. The van der Waals surface area contributed by atoms with Gasteiger partial charge < -0.3 is 15.0 Å². The van der Waals surface area contributed by atoms with E-state index >= 15 is 0 Å². The van der Waals surface area contributed by atoms with Crippen LogP contribution in [-0.2, 0) is 6.54 Å². The number of halogens is 1. The van der Waals surface area contributed by atoms with Gasteiger partial charge in [-0.25, -0.2) is 4.39 Å². The van der Waals surface area contributed by atoms with Crippen LogP contribution in [0, 0.1) is 5.82 Å². The largest absolute Gasteiger partial charge is 0.497 e. The maximum atomic E-state index is 13.9. The molecular formula is C22H22FN3O2. The van der Waals surface area contributed by atoms with Gasteiger partial charge in [0.05, 0.1) is 23.9 Å². The number of fused-ring (bicyclic) bond motifs is 1. The number of nitrogens with zero attached hydrogens (tertiary/aromatic N) is 2. The van der Waals surface area contributed by atoms with Gasteiger partial charge in [-0.2, -0.15) is 0 Å². The van der Waals surface area contributed by atoms with Crippen LogP contribution in [0.3, 0.4) is 0 Å². The van der Waals surface area contributed by atoms with E-state index in [0.29, 0.717) is 28.7 Å². The second-order valence-corrected chi connectivity index (χ2v) is 6.91. The second kappa shape index (κ2) is 7.84. The number of ether oxygens (including phenoxy) is 1. The van der Waals surface area contributed by atoms with E-state index in [2.05, 4.69) is 10.3 Å². The summed E-state index contributed by atoms with van der Waals surface area (Å²) >= 11 is 0. The van der Waals surface area contributed by atoms with Crippen molar-refractivity contribution in [1.82, 2.24) is 9.88 Å². The van der Waals surface area contributed by atoms with Crippen LogP contribution in [-0.4, -0.2) is 36.0 Å². The third-order valence-electron chi connectivity index (χ3n) is 5.08. The number of carbonyl (C=O) groups excluding carboxylic acids is 1. The molecule has 2 heterocycles. The molecule has 0 spiro atoms. The van der Waals surface area contributed by atoms with Crippen molar-refractivity contribution < 1.29 is 13.9 Å². The Balaban J connectivity index is 1.70. The topological polar surface area (TPSA) is 54.5 Å². The van der Waals surface area contributed by atoms with Crippen LogP contribution in [0.15, 0.2) is 48.7 Å². The number of hydrogen-bond donors (Lipinski definition) is 1. The molecule has 144 valence electrons. The highest BCUT2D eigenvalue weighted by Crippen LogP contribution is 2.29. The van der Waals surface area contributed by atoms with Crippen molar-refractivity contribution >= 4 is 22.5 Å². The first kappa shape index (κ1) is 18.2.